The van der Waals surface area contributed by atoms with Crippen molar-refractivity contribution in [1.29, 1.82) is 0 Å². The predicted octanol–water partition coefficient (Wildman–Crippen LogP) is 3.08. The van der Waals surface area contributed by atoms with E-state index in [9.17, 15) is 0 Å². The first-order valence-electron chi connectivity index (χ1n) is 5.89. The first kappa shape index (κ1) is 10.7. The SMILES string of the molecule is Cc1cc(C)c(C2CNC(C)C2)c(C)c1. The van der Waals surface area contributed by atoms with E-state index in [0.717, 1.165) is 12.5 Å². The van der Waals surface area contributed by atoms with Crippen molar-refractivity contribution in [3.8, 4) is 0 Å². The summed E-state index contributed by atoms with van der Waals surface area (Å²) >= 11 is 0. The van der Waals surface area contributed by atoms with Crippen molar-refractivity contribution in [1.82, 2.24) is 5.32 Å². The van der Waals surface area contributed by atoms with Crippen LogP contribution in [-0.2, 0) is 0 Å². The van der Waals surface area contributed by atoms with Crippen molar-refractivity contribution in [3.63, 3.8) is 0 Å². The van der Waals surface area contributed by atoms with Crippen molar-refractivity contribution in [3.05, 3.63) is 34.4 Å². The van der Waals surface area contributed by atoms with E-state index in [1.54, 1.807) is 5.56 Å². The lowest BCUT2D eigenvalue weighted by atomic mass is 9.88. The van der Waals surface area contributed by atoms with Crippen LogP contribution in [0.3, 0.4) is 0 Å². The van der Waals surface area contributed by atoms with Gasteiger partial charge in [0.25, 0.3) is 0 Å². The maximum Gasteiger partial charge on any atom is 0.00452 e. The third-order valence-electron chi connectivity index (χ3n) is 3.50. The Morgan fingerprint density at radius 2 is 1.73 bits per heavy atom. The maximum atomic E-state index is 3.54. The minimum Gasteiger partial charge on any atom is -0.314 e. The molecule has 1 aromatic rings. The molecule has 1 nitrogen and oxygen atoms in total. The van der Waals surface area contributed by atoms with Crippen molar-refractivity contribution in [2.45, 2.75) is 46.1 Å². The topological polar surface area (TPSA) is 12.0 Å². The van der Waals surface area contributed by atoms with Gasteiger partial charge in [0, 0.05) is 12.6 Å². The Bertz CT molecular complexity index is 345. The molecule has 2 atom stereocenters. The highest BCUT2D eigenvalue weighted by Gasteiger charge is 2.24. The van der Waals surface area contributed by atoms with E-state index in [-0.39, 0.29) is 0 Å². The highest BCUT2D eigenvalue weighted by molar-refractivity contribution is 5.40. The van der Waals surface area contributed by atoms with Gasteiger partial charge in [-0.2, -0.15) is 0 Å². The Balaban J connectivity index is 2.35. The molecule has 1 saturated heterocycles. The molecule has 1 heteroatoms. The maximum absolute atomic E-state index is 3.54. The highest BCUT2D eigenvalue weighted by atomic mass is 14.9. The van der Waals surface area contributed by atoms with E-state index in [1.807, 2.05) is 0 Å². The van der Waals surface area contributed by atoms with Crippen LogP contribution in [0.15, 0.2) is 12.1 Å². The van der Waals surface area contributed by atoms with Gasteiger partial charge in [0.15, 0.2) is 0 Å². The molecule has 1 heterocycles. The third kappa shape index (κ3) is 2.07. The quantitative estimate of drug-likeness (QED) is 0.739. The van der Waals surface area contributed by atoms with Crippen LogP contribution < -0.4 is 5.32 Å². The summed E-state index contributed by atoms with van der Waals surface area (Å²) in [5.74, 6) is 0.723. The average molecular weight is 203 g/mol. The number of benzene rings is 1. The summed E-state index contributed by atoms with van der Waals surface area (Å²) < 4.78 is 0. The molecule has 0 saturated carbocycles. The van der Waals surface area contributed by atoms with E-state index in [0.29, 0.717) is 6.04 Å². The normalized spacial score (nSPS) is 25.9. The van der Waals surface area contributed by atoms with Crippen LogP contribution in [0.1, 0.15) is 41.5 Å². The van der Waals surface area contributed by atoms with E-state index in [4.69, 9.17) is 0 Å². The fourth-order valence-electron chi connectivity index (χ4n) is 2.99. The van der Waals surface area contributed by atoms with Crippen molar-refractivity contribution < 1.29 is 0 Å². The van der Waals surface area contributed by atoms with Crippen molar-refractivity contribution in [2.24, 2.45) is 0 Å². The van der Waals surface area contributed by atoms with Gasteiger partial charge in [-0.15, -0.1) is 0 Å². The van der Waals surface area contributed by atoms with Gasteiger partial charge in [0.2, 0.25) is 0 Å². The lowest BCUT2D eigenvalue weighted by molar-refractivity contribution is 0.657. The Hall–Kier alpha value is -0.820. The molecule has 2 unspecified atom stereocenters. The summed E-state index contributed by atoms with van der Waals surface area (Å²) in [6, 6.07) is 5.30. The van der Waals surface area contributed by atoms with Gasteiger partial charge in [0.05, 0.1) is 0 Å². The van der Waals surface area contributed by atoms with Gasteiger partial charge < -0.3 is 5.32 Å². The van der Waals surface area contributed by atoms with Crippen molar-refractivity contribution in [2.75, 3.05) is 6.54 Å². The van der Waals surface area contributed by atoms with Gasteiger partial charge >= 0.3 is 0 Å². The fourth-order valence-corrected chi connectivity index (χ4v) is 2.99. The lowest BCUT2D eigenvalue weighted by Gasteiger charge is -2.17. The molecule has 0 radical (unpaired) electrons. The fraction of sp³-hybridized carbons (Fsp3) is 0.571. The zero-order valence-electron chi connectivity index (χ0n) is 10.2. The summed E-state index contributed by atoms with van der Waals surface area (Å²) in [5.41, 5.74) is 5.90. The molecular weight excluding hydrogens is 182 g/mol. The largest absolute Gasteiger partial charge is 0.314 e. The smallest absolute Gasteiger partial charge is 0.00452 e. The molecule has 0 aromatic heterocycles. The molecular formula is C14H21N. The summed E-state index contributed by atoms with van der Waals surface area (Å²) in [7, 11) is 0. The second kappa shape index (κ2) is 3.97. The standard InChI is InChI=1S/C14H21N/c1-9-5-10(2)14(11(3)6-9)13-7-12(4)15-8-13/h5-6,12-13,15H,7-8H2,1-4H3. The summed E-state index contributed by atoms with van der Waals surface area (Å²) in [4.78, 5) is 0. The molecule has 82 valence electrons. The van der Waals surface area contributed by atoms with Crippen LogP contribution in [0.2, 0.25) is 0 Å². The van der Waals surface area contributed by atoms with E-state index in [2.05, 4.69) is 45.1 Å². The molecule has 0 aliphatic carbocycles. The van der Waals surface area contributed by atoms with Crippen molar-refractivity contribution >= 4 is 0 Å². The molecule has 1 aliphatic heterocycles. The number of nitrogens with one attached hydrogen (secondary N) is 1. The van der Waals surface area contributed by atoms with Gasteiger partial charge in [-0.1, -0.05) is 17.7 Å². The molecule has 1 N–H and O–H groups in total. The molecule has 0 spiro atoms. The van der Waals surface area contributed by atoms with Crippen LogP contribution in [0.4, 0.5) is 0 Å². The monoisotopic (exact) mass is 203 g/mol. The van der Waals surface area contributed by atoms with Gasteiger partial charge in [-0.25, -0.2) is 0 Å². The second-order valence-corrected chi connectivity index (χ2v) is 5.05. The summed E-state index contributed by atoms with van der Waals surface area (Å²) in [6.07, 6.45) is 1.28. The number of hydrogen-bond acceptors (Lipinski definition) is 1. The molecule has 1 aromatic carbocycles. The predicted molar refractivity (Wildman–Crippen MR) is 65.5 cm³/mol. The highest BCUT2D eigenvalue weighted by Crippen LogP contribution is 2.31. The lowest BCUT2D eigenvalue weighted by Crippen LogP contribution is -2.16. The number of rotatable bonds is 1. The average Bonchev–Trinajstić information content (AvgIpc) is 2.49. The molecule has 2 rings (SSSR count). The Kier molecular flexibility index (Phi) is 2.83. The van der Waals surface area contributed by atoms with Crippen LogP contribution in [0.25, 0.3) is 0 Å². The zero-order valence-corrected chi connectivity index (χ0v) is 10.2. The molecule has 1 fully saturated rings. The van der Waals surface area contributed by atoms with E-state index in [1.165, 1.54) is 23.1 Å². The summed E-state index contributed by atoms with van der Waals surface area (Å²) in [6.45, 7) is 10.1. The minimum atomic E-state index is 0.676. The number of hydrogen-bond donors (Lipinski definition) is 1. The molecule has 0 bridgehead atoms. The van der Waals surface area contributed by atoms with Gasteiger partial charge in [0.1, 0.15) is 0 Å². The zero-order chi connectivity index (χ0) is 11.0. The number of aryl methyl sites for hydroxylation is 3. The Morgan fingerprint density at radius 1 is 1.13 bits per heavy atom. The Morgan fingerprint density at radius 3 is 2.20 bits per heavy atom. The first-order valence-corrected chi connectivity index (χ1v) is 5.89. The van der Waals surface area contributed by atoms with E-state index < -0.39 is 0 Å². The van der Waals surface area contributed by atoms with Crippen LogP contribution in [-0.4, -0.2) is 12.6 Å². The van der Waals surface area contributed by atoms with Crippen LogP contribution in [0.5, 0.6) is 0 Å². The summed E-state index contributed by atoms with van der Waals surface area (Å²) in [5, 5.41) is 3.54. The molecule has 1 aliphatic rings. The van der Waals surface area contributed by atoms with Crippen LogP contribution >= 0.6 is 0 Å². The van der Waals surface area contributed by atoms with Gasteiger partial charge in [-0.05, 0) is 56.7 Å². The Labute approximate surface area is 92.9 Å². The van der Waals surface area contributed by atoms with E-state index >= 15 is 0 Å². The van der Waals surface area contributed by atoms with Crippen LogP contribution in [0, 0.1) is 20.8 Å². The third-order valence-corrected chi connectivity index (χ3v) is 3.50. The minimum absolute atomic E-state index is 0.676. The second-order valence-electron chi connectivity index (χ2n) is 5.05. The molecule has 15 heavy (non-hydrogen) atoms. The molecule has 0 amide bonds. The van der Waals surface area contributed by atoms with Gasteiger partial charge in [-0.3, -0.25) is 0 Å². The first-order chi connectivity index (χ1) is 7.08.